The molecule has 1 rings (SSSR count). The van der Waals surface area contributed by atoms with Gasteiger partial charge in [-0.2, -0.15) is 0 Å². The molecule has 0 aliphatic carbocycles. The Labute approximate surface area is 104 Å². The normalized spacial score (nSPS) is 11.1. The molecule has 0 unspecified atom stereocenters. The lowest BCUT2D eigenvalue weighted by molar-refractivity contribution is -0.139. The number of halogens is 1. The van der Waals surface area contributed by atoms with Crippen LogP contribution in [0.3, 0.4) is 0 Å². The first kappa shape index (κ1) is 13.3. The van der Waals surface area contributed by atoms with Crippen LogP contribution in [0.1, 0.15) is 22.8 Å². The number of aldehydes is 1. The smallest absolute Gasteiger partial charge is 0.332 e. The van der Waals surface area contributed by atoms with E-state index in [0.29, 0.717) is 28.1 Å². The van der Waals surface area contributed by atoms with Crippen LogP contribution in [0.5, 0.6) is 0 Å². The standard InChI is InChI=1S/C12H12ClNO3/c1-8(14)5-11(16)17-7-10-4-2-3-9(6-15)12(10)13/h2-6H,7,14H2,1H3/b8-5-. The maximum Gasteiger partial charge on any atom is 0.332 e. The molecule has 5 heteroatoms. The predicted molar refractivity (Wildman–Crippen MR) is 64.6 cm³/mol. The summed E-state index contributed by atoms with van der Waals surface area (Å²) in [6, 6.07) is 4.94. The lowest BCUT2D eigenvalue weighted by Gasteiger charge is -2.06. The van der Waals surface area contributed by atoms with E-state index < -0.39 is 5.97 Å². The molecule has 0 spiro atoms. The van der Waals surface area contributed by atoms with Gasteiger partial charge in [-0.3, -0.25) is 4.79 Å². The third-order valence-corrected chi connectivity index (χ3v) is 2.41. The van der Waals surface area contributed by atoms with Gasteiger partial charge in [-0.05, 0) is 6.92 Å². The topological polar surface area (TPSA) is 69.4 Å². The predicted octanol–water partition coefficient (Wildman–Crippen LogP) is 2.06. The van der Waals surface area contributed by atoms with Gasteiger partial charge in [0, 0.05) is 22.9 Å². The zero-order valence-electron chi connectivity index (χ0n) is 9.27. The van der Waals surface area contributed by atoms with Gasteiger partial charge in [-0.1, -0.05) is 29.8 Å². The molecule has 0 amide bonds. The highest BCUT2D eigenvalue weighted by Gasteiger charge is 2.07. The SMILES string of the molecule is C/C(N)=C/C(=O)OCc1cccc(C=O)c1Cl. The molecule has 0 saturated carbocycles. The van der Waals surface area contributed by atoms with Gasteiger partial charge in [0.1, 0.15) is 6.61 Å². The van der Waals surface area contributed by atoms with Gasteiger partial charge in [0.05, 0.1) is 5.02 Å². The van der Waals surface area contributed by atoms with Gasteiger partial charge in [-0.15, -0.1) is 0 Å². The van der Waals surface area contributed by atoms with E-state index in [9.17, 15) is 9.59 Å². The van der Waals surface area contributed by atoms with Gasteiger partial charge in [0.2, 0.25) is 0 Å². The van der Waals surface area contributed by atoms with Crippen LogP contribution < -0.4 is 5.73 Å². The summed E-state index contributed by atoms with van der Waals surface area (Å²) in [7, 11) is 0. The second kappa shape index (κ2) is 6.06. The zero-order valence-corrected chi connectivity index (χ0v) is 10.0. The maximum absolute atomic E-state index is 11.2. The van der Waals surface area contributed by atoms with Crippen molar-refractivity contribution in [3.63, 3.8) is 0 Å². The second-order valence-electron chi connectivity index (χ2n) is 3.43. The maximum atomic E-state index is 11.2. The summed E-state index contributed by atoms with van der Waals surface area (Å²) in [6.45, 7) is 1.59. The van der Waals surface area contributed by atoms with Crippen LogP contribution in [0, 0.1) is 0 Å². The zero-order chi connectivity index (χ0) is 12.8. The van der Waals surface area contributed by atoms with Gasteiger partial charge >= 0.3 is 5.97 Å². The van der Waals surface area contributed by atoms with Gasteiger partial charge < -0.3 is 10.5 Å². The monoisotopic (exact) mass is 253 g/mol. The molecule has 1 aromatic rings. The fourth-order valence-corrected chi connectivity index (χ4v) is 1.40. The van der Waals surface area contributed by atoms with Crippen molar-refractivity contribution in [1.82, 2.24) is 0 Å². The Morgan fingerprint density at radius 2 is 2.24 bits per heavy atom. The van der Waals surface area contributed by atoms with Crippen LogP contribution >= 0.6 is 11.6 Å². The van der Waals surface area contributed by atoms with Gasteiger partial charge in [0.25, 0.3) is 0 Å². The number of hydrogen-bond acceptors (Lipinski definition) is 4. The number of carbonyl (C=O) groups excluding carboxylic acids is 2. The van der Waals surface area contributed by atoms with E-state index in [1.807, 2.05) is 0 Å². The molecule has 0 aromatic heterocycles. The van der Waals surface area contributed by atoms with E-state index in [-0.39, 0.29) is 6.61 Å². The summed E-state index contributed by atoms with van der Waals surface area (Å²) in [4.78, 5) is 21.8. The summed E-state index contributed by atoms with van der Waals surface area (Å²) in [6.07, 6.45) is 1.83. The molecule has 0 aliphatic heterocycles. The summed E-state index contributed by atoms with van der Waals surface area (Å²) in [5.41, 5.74) is 6.63. The van der Waals surface area contributed by atoms with Gasteiger partial charge in [0.15, 0.2) is 6.29 Å². The van der Waals surface area contributed by atoms with Crippen LogP contribution in [0.2, 0.25) is 5.02 Å². The summed E-state index contributed by atoms with van der Waals surface area (Å²) in [5, 5.41) is 0.295. The van der Waals surface area contributed by atoms with Crippen LogP contribution in [-0.2, 0) is 16.1 Å². The Balaban J connectivity index is 2.73. The third-order valence-electron chi connectivity index (χ3n) is 1.95. The Morgan fingerprint density at radius 3 is 2.82 bits per heavy atom. The number of ether oxygens (including phenoxy) is 1. The second-order valence-corrected chi connectivity index (χ2v) is 3.81. The molecule has 0 radical (unpaired) electrons. The lowest BCUT2D eigenvalue weighted by atomic mass is 10.1. The first-order valence-electron chi connectivity index (χ1n) is 4.87. The summed E-state index contributed by atoms with van der Waals surface area (Å²) in [5.74, 6) is -0.544. The Bertz CT molecular complexity index is 465. The highest BCUT2D eigenvalue weighted by Crippen LogP contribution is 2.20. The largest absolute Gasteiger partial charge is 0.458 e. The van der Waals surface area contributed by atoms with Gasteiger partial charge in [-0.25, -0.2) is 4.79 Å². The van der Waals surface area contributed by atoms with Crippen molar-refractivity contribution in [2.45, 2.75) is 13.5 Å². The number of esters is 1. The molecule has 0 fully saturated rings. The number of hydrogen-bond donors (Lipinski definition) is 1. The number of benzene rings is 1. The molecule has 0 bridgehead atoms. The van der Waals surface area contributed by atoms with E-state index in [1.165, 1.54) is 6.08 Å². The fraction of sp³-hybridized carbons (Fsp3) is 0.167. The fourth-order valence-electron chi connectivity index (χ4n) is 1.18. The molecule has 0 aliphatic rings. The van der Waals surface area contributed by atoms with Crippen molar-refractivity contribution >= 4 is 23.9 Å². The summed E-state index contributed by atoms with van der Waals surface area (Å²) >= 11 is 5.94. The van der Waals surface area contributed by atoms with Crippen LogP contribution in [0.4, 0.5) is 0 Å². The third kappa shape index (κ3) is 3.92. The first-order valence-corrected chi connectivity index (χ1v) is 5.25. The molecule has 90 valence electrons. The molecule has 0 saturated heterocycles. The highest BCUT2D eigenvalue weighted by atomic mass is 35.5. The van der Waals surface area contributed by atoms with Crippen molar-refractivity contribution < 1.29 is 14.3 Å². The molecule has 0 atom stereocenters. The minimum Gasteiger partial charge on any atom is -0.458 e. The summed E-state index contributed by atoms with van der Waals surface area (Å²) < 4.78 is 4.92. The Hall–Kier alpha value is -1.81. The molecule has 0 heterocycles. The van der Waals surface area contributed by atoms with E-state index in [2.05, 4.69) is 0 Å². The molecule has 4 nitrogen and oxygen atoms in total. The van der Waals surface area contributed by atoms with Crippen molar-refractivity contribution in [3.05, 3.63) is 46.1 Å². The van der Waals surface area contributed by atoms with E-state index in [1.54, 1.807) is 25.1 Å². The van der Waals surface area contributed by atoms with E-state index in [0.717, 1.165) is 0 Å². The minimum absolute atomic E-state index is 0.00310. The van der Waals surface area contributed by atoms with Crippen molar-refractivity contribution in [2.75, 3.05) is 0 Å². The van der Waals surface area contributed by atoms with Crippen molar-refractivity contribution in [2.24, 2.45) is 5.73 Å². The molecule has 17 heavy (non-hydrogen) atoms. The molecular weight excluding hydrogens is 242 g/mol. The van der Waals surface area contributed by atoms with E-state index in [4.69, 9.17) is 22.1 Å². The highest BCUT2D eigenvalue weighted by molar-refractivity contribution is 6.33. The molecule has 2 N–H and O–H groups in total. The van der Waals surface area contributed by atoms with Crippen LogP contribution in [0.15, 0.2) is 30.0 Å². The molecular formula is C12H12ClNO3. The van der Waals surface area contributed by atoms with Crippen molar-refractivity contribution in [3.8, 4) is 0 Å². The quantitative estimate of drug-likeness (QED) is 0.507. The first-order chi connectivity index (χ1) is 8.04. The number of allylic oxidation sites excluding steroid dienone is 1. The number of nitrogens with two attached hydrogens (primary N) is 1. The lowest BCUT2D eigenvalue weighted by Crippen LogP contribution is -2.05. The van der Waals surface area contributed by atoms with Crippen LogP contribution in [0.25, 0.3) is 0 Å². The minimum atomic E-state index is -0.544. The van der Waals surface area contributed by atoms with E-state index >= 15 is 0 Å². The van der Waals surface area contributed by atoms with Crippen LogP contribution in [-0.4, -0.2) is 12.3 Å². The number of rotatable bonds is 4. The van der Waals surface area contributed by atoms with Crippen molar-refractivity contribution in [1.29, 1.82) is 0 Å². The average molecular weight is 254 g/mol. The Kier molecular flexibility index (Phi) is 4.72. The molecule has 1 aromatic carbocycles. The Morgan fingerprint density at radius 1 is 1.53 bits per heavy atom. The number of carbonyl (C=O) groups is 2. The average Bonchev–Trinajstić information content (AvgIpc) is 2.27.